The van der Waals surface area contributed by atoms with Gasteiger partial charge in [-0.2, -0.15) is 0 Å². The first-order valence-corrected chi connectivity index (χ1v) is 6.89. The van der Waals surface area contributed by atoms with Gasteiger partial charge in [0.05, 0.1) is 0 Å². The predicted octanol–water partition coefficient (Wildman–Crippen LogP) is 3.49. The quantitative estimate of drug-likeness (QED) is 0.807. The second-order valence-electron chi connectivity index (χ2n) is 4.93. The lowest BCUT2D eigenvalue weighted by Crippen LogP contribution is -2.27. The summed E-state index contributed by atoms with van der Waals surface area (Å²) in [7, 11) is 0. The van der Waals surface area contributed by atoms with Crippen LogP contribution in [0.4, 0.5) is 5.69 Å². The Labute approximate surface area is 105 Å². The Bertz CT molecular complexity index is 341. The summed E-state index contributed by atoms with van der Waals surface area (Å²) in [6, 6.07) is 9.60. The smallest absolute Gasteiger partial charge is 0.0345 e. The molecule has 17 heavy (non-hydrogen) atoms. The fourth-order valence-electron chi connectivity index (χ4n) is 2.25. The zero-order valence-corrected chi connectivity index (χ0v) is 11.1. The van der Waals surface area contributed by atoms with Crippen molar-refractivity contribution in [2.24, 2.45) is 0 Å². The molecule has 2 rings (SSSR count). The highest BCUT2D eigenvalue weighted by atomic mass is 15.1. The first-order chi connectivity index (χ1) is 8.31. The van der Waals surface area contributed by atoms with E-state index in [9.17, 15) is 0 Å². The standard InChI is InChI=1S/C15H24N2/c1-3-17(4-2)12-13-7-5-10-15(11-13)16-14-8-6-9-14/h5,7,10-11,14,16H,3-4,6,8-9,12H2,1-2H3. The maximum absolute atomic E-state index is 3.61. The number of hydrogen-bond acceptors (Lipinski definition) is 2. The van der Waals surface area contributed by atoms with Gasteiger partial charge in [-0.3, -0.25) is 4.90 Å². The van der Waals surface area contributed by atoms with E-state index in [4.69, 9.17) is 0 Å². The Morgan fingerprint density at radius 1 is 1.24 bits per heavy atom. The van der Waals surface area contributed by atoms with Gasteiger partial charge >= 0.3 is 0 Å². The Morgan fingerprint density at radius 2 is 2.00 bits per heavy atom. The first-order valence-electron chi connectivity index (χ1n) is 6.89. The van der Waals surface area contributed by atoms with Crippen molar-refractivity contribution in [1.82, 2.24) is 4.90 Å². The molecule has 0 amide bonds. The van der Waals surface area contributed by atoms with Gasteiger partial charge in [0.1, 0.15) is 0 Å². The summed E-state index contributed by atoms with van der Waals surface area (Å²) in [6.45, 7) is 7.75. The Balaban J connectivity index is 1.95. The summed E-state index contributed by atoms with van der Waals surface area (Å²) >= 11 is 0. The number of hydrogen-bond donors (Lipinski definition) is 1. The lowest BCUT2D eigenvalue weighted by Gasteiger charge is -2.28. The summed E-state index contributed by atoms with van der Waals surface area (Å²) in [5.74, 6) is 0. The van der Waals surface area contributed by atoms with E-state index >= 15 is 0 Å². The molecule has 1 aliphatic carbocycles. The summed E-state index contributed by atoms with van der Waals surface area (Å²) in [6.07, 6.45) is 4.05. The van der Waals surface area contributed by atoms with Crippen LogP contribution in [0.2, 0.25) is 0 Å². The molecular weight excluding hydrogens is 208 g/mol. The van der Waals surface area contributed by atoms with Crippen LogP contribution in [-0.4, -0.2) is 24.0 Å². The normalized spacial score (nSPS) is 15.9. The lowest BCUT2D eigenvalue weighted by molar-refractivity contribution is 0.296. The number of benzene rings is 1. The topological polar surface area (TPSA) is 15.3 Å². The van der Waals surface area contributed by atoms with Crippen LogP contribution < -0.4 is 5.32 Å². The van der Waals surface area contributed by atoms with Crippen LogP contribution in [0.3, 0.4) is 0 Å². The largest absolute Gasteiger partial charge is 0.382 e. The van der Waals surface area contributed by atoms with Crippen LogP contribution in [0.5, 0.6) is 0 Å². The van der Waals surface area contributed by atoms with E-state index in [1.807, 2.05) is 0 Å². The van der Waals surface area contributed by atoms with E-state index in [0.29, 0.717) is 0 Å². The molecule has 0 unspecified atom stereocenters. The molecule has 2 heteroatoms. The summed E-state index contributed by atoms with van der Waals surface area (Å²) in [5.41, 5.74) is 2.71. The minimum atomic E-state index is 0.721. The van der Waals surface area contributed by atoms with E-state index < -0.39 is 0 Å². The molecule has 0 radical (unpaired) electrons. The van der Waals surface area contributed by atoms with Crippen molar-refractivity contribution in [2.75, 3.05) is 18.4 Å². The summed E-state index contributed by atoms with van der Waals surface area (Å²) in [4.78, 5) is 2.45. The van der Waals surface area contributed by atoms with Gasteiger partial charge in [0.2, 0.25) is 0 Å². The molecule has 1 N–H and O–H groups in total. The third-order valence-corrected chi connectivity index (χ3v) is 3.70. The van der Waals surface area contributed by atoms with Gasteiger partial charge in [-0.1, -0.05) is 26.0 Å². The predicted molar refractivity (Wildman–Crippen MR) is 74.3 cm³/mol. The Hall–Kier alpha value is -1.02. The molecule has 1 fully saturated rings. The van der Waals surface area contributed by atoms with Gasteiger partial charge in [0.25, 0.3) is 0 Å². The average Bonchev–Trinajstić information content (AvgIpc) is 2.31. The number of anilines is 1. The second kappa shape index (κ2) is 6.06. The van der Waals surface area contributed by atoms with Crippen LogP contribution in [-0.2, 0) is 6.54 Å². The average molecular weight is 232 g/mol. The van der Waals surface area contributed by atoms with Crippen molar-refractivity contribution in [3.05, 3.63) is 29.8 Å². The highest BCUT2D eigenvalue weighted by molar-refractivity contribution is 5.46. The van der Waals surface area contributed by atoms with Crippen molar-refractivity contribution in [3.8, 4) is 0 Å². The van der Waals surface area contributed by atoms with Crippen LogP contribution in [0.25, 0.3) is 0 Å². The van der Waals surface area contributed by atoms with Crippen molar-refractivity contribution in [3.63, 3.8) is 0 Å². The molecular formula is C15H24N2. The maximum atomic E-state index is 3.61. The summed E-state index contributed by atoms with van der Waals surface area (Å²) in [5, 5.41) is 3.61. The van der Waals surface area contributed by atoms with E-state index in [1.165, 1.54) is 30.5 Å². The Morgan fingerprint density at radius 3 is 2.59 bits per heavy atom. The van der Waals surface area contributed by atoms with Crippen molar-refractivity contribution < 1.29 is 0 Å². The van der Waals surface area contributed by atoms with E-state index in [0.717, 1.165) is 25.7 Å². The molecule has 0 heterocycles. The van der Waals surface area contributed by atoms with Crippen molar-refractivity contribution in [1.29, 1.82) is 0 Å². The van der Waals surface area contributed by atoms with Crippen LogP contribution in [0.15, 0.2) is 24.3 Å². The van der Waals surface area contributed by atoms with Gasteiger partial charge in [-0.25, -0.2) is 0 Å². The van der Waals surface area contributed by atoms with E-state index in [2.05, 4.69) is 48.3 Å². The fraction of sp³-hybridized carbons (Fsp3) is 0.600. The van der Waals surface area contributed by atoms with Crippen LogP contribution in [0, 0.1) is 0 Å². The first kappa shape index (κ1) is 12.4. The number of nitrogens with one attached hydrogen (secondary N) is 1. The maximum Gasteiger partial charge on any atom is 0.0345 e. The molecule has 0 atom stereocenters. The van der Waals surface area contributed by atoms with Gasteiger partial charge in [0, 0.05) is 18.3 Å². The molecule has 0 bridgehead atoms. The highest BCUT2D eigenvalue weighted by Crippen LogP contribution is 2.23. The van der Waals surface area contributed by atoms with Gasteiger partial charge in [-0.05, 0) is 50.0 Å². The molecule has 1 saturated carbocycles. The molecule has 0 aliphatic heterocycles. The van der Waals surface area contributed by atoms with E-state index in [-0.39, 0.29) is 0 Å². The summed E-state index contributed by atoms with van der Waals surface area (Å²) < 4.78 is 0. The minimum Gasteiger partial charge on any atom is -0.382 e. The highest BCUT2D eigenvalue weighted by Gasteiger charge is 2.16. The molecule has 1 aromatic rings. The third kappa shape index (κ3) is 3.47. The molecule has 0 aromatic heterocycles. The van der Waals surface area contributed by atoms with E-state index in [1.54, 1.807) is 0 Å². The number of rotatable bonds is 6. The van der Waals surface area contributed by atoms with Crippen molar-refractivity contribution >= 4 is 5.69 Å². The Kier molecular flexibility index (Phi) is 4.43. The third-order valence-electron chi connectivity index (χ3n) is 3.70. The molecule has 1 aliphatic rings. The molecule has 94 valence electrons. The number of nitrogens with zero attached hydrogens (tertiary/aromatic N) is 1. The second-order valence-corrected chi connectivity index (χ2v) is 4.93. The zero-order valence-electron chi connectivity index (χ0n) is 11.1. The van der Waals surface area contributed by atoms with Gasteiger partial charge < -0.3 is 5.32 Å². The minimum absolute atomic E-state index is 0.721. The van der Waals surface area contributed by atoms with Crippen molar-refractivity contribution in [2.45, 2.75) is 45.7 Å². The SMILES string of the molecule is CCN(CC)Cc1cccc(NC2CCC2)c1. The molecule has 0 spiro atoms. The van der Waals surface area contributed by atoms with Crippen LogP contribution >= 0.6 is 0 Å². The lowest BCUT2D eigenvalue weighted by atomic mass is 9.93. The molecule has 1 aromatic carbocycles. The fourth-order valence-corrected chi connectivity index (χ4v) is 2.25. The molecule has 0 saturated heterocycles. The monoisotopic (exact) mass is 232 g/mol. The van der Waals surface area contributed by atoms with Gasteiger partial charge in [0.15, 0.2) is 0 Å². The van der Waals surface area contributed by atoms with Gasteiger partial charge in [-0.15, -0.1) is 0 Å². The zero-order chi connectivity index (χ0) is 12.1. The van der Waals surface area contributed by atoms with Crippen LogP contribution in [0.1, 0.15) is 38.7 Å². The molecule has 2 nitrogen and oxygen atoms in total.